The lowest BCUT2D eigenvalue weighted by atomic mass is 10.1. The highest BCUT2D eigenvalue weighted by molar-refractivity contribution is 9.09. The third-order valence-corrected chi connectivity index (χ3v) is 4.32. The van der Waals surface area contributed by atoms with Gasteiger partial charge in [0.1, 0.15) is 0 Å². The quantitative estimate of drug-likeness (QED) is 0.763. The summed E-state index contributed by atoms with van der Waals surface area (Å²) in [5.74, 6) is 0.327. The number of rotatable bonds is 5. The molecule has 1 fully saturated rings. The Morgan fingerprint density at radius 3 is 2.83 bits per heavy atom. The number of benzene rings is 1. The van der Waals surface area contributed by atoms with Crippen molar-refractivity contribution in [3.8, 4) is 0 Å². The summed E-state index contributed by atoms with van der Waals surface area (Å²) in [4.78, 5) is 14.2. The number of carbonyl (C=O) groups is 1. The Morgan fingerprint density at radius 2 is 2.11 bits per heavy atom. The van der Waals surface area contributed by atoms with Crippen LogP contribution in [-0.2, 0) is 11.2 Å². The maximum Gasteiger partial charge on any atom is 0.222 e. The molecule has 18 heavy (non-hydrogen) atoms. The lowest BCUT2D eigenvalue weighted by Gasteiger charge is -2.23. The first-order valence-electron chi connectivity index (χ1n) is 6.70. The van der Waals surface area contributed by atoms with Gasteiger partial charge in [0, 0.05) is 24.3 Å². The van der Waals surface area contributed by atoms with Crippen molar-refractivity contribution in [3.05, 3.63) is 35.9 Å². The number of halogens is 1. The largest absolute Gasteiger partial charge is 0.339 e. The van der Waals surface area contributed by atoms with Gasteiger partial charge in [-0.15, -0.1) is 0 Å². The molecule has 1 aromatic rings. The van der Waals surface area contributed by atoms with Crippen molar-refractivity contribution in [2.45, 2.75) is 38.1 Å². The fraction of sp³-hybridized carbons (Fsp3) is 0.533. The SMILES string of the molecule is O=C(CCCc1ccccc1)N1CCCC1CBr. The van der Waals surface area contributed by atoms with Crippen molar-refractivity contribution in [2.75, 3.05) is 11.9 Å². The number of alkyl halides is 1. The lowest BCUT2D eigenvalue weighted by molar-refractivity contribution is -0.131. The Labute approximate surface area is 117 Å². The minimum atomic E-state index is 0.327. The number of likely N-dealkylation sites (tertiary alicyclic amines) is 1. The van der Waals surface area contributed by atoms with Gasteiger partial charge in [0.15, 0.2) is 0 Å². The molecule has 0 aliphatic carbocycles. The summed E-state index contributed by atoms with van der Waals surface area (Å²) in [6.07, 6.45) is 4.93. The van der Waals surface area contributed by atoms with Gasteiger partial charge < -0.3 is 4.90 Å². The molecule has 0 bridgehead atoms. The van der Waals surface area contributed by atoms with E-state index in [1.54, 1.807) is 0 Å². The van der Waals surface area contributed by atoms with Crippen LogP contribution in [0.15, 0.2) is 30.3 Å². The summed E-state index contributed by atoms with van der Waals surface area (Å²) < 4.78 is 0. The Balaban J connectivity index is 1.75. The second-order valence-corrected chi connectivity index (χ2v) is 5.52. The monoisotopic (exact) mass is 309 g/mol. The van der Waals surface area contributed by atoms with E-state index < -0.39 is 0 Å². The molecule has 1 aromatic carbocycles. The van der Waals surface area contributed by atoms with Gasteiger partial charge >= 0.3 is 0 Å². The van der Waals surface area contributed by atoms with Gasteiger partial charge in [-0.05, 0) is 31.2 Å². The molecule has 98 valence electrons. The minimum absolute atomic E-state index is 0.327. The van der Waals surface area contributed by atoms with Crippen LogP contribution in [0.4, 0.5) is 0 Å². The second kappa shape index (κ2) is 6.93. The molecule has 1 heterocycles. The maximum atomic E-state index is 12.1. The summed E-state index contributed by atoms with van der Waals surface area (Å²) in [6.45, 7) is 0.945. The molecule has 0 N–H and O–H groups in total. The molecule has 0 spiro atoms. The molecule has 3 heteroatoms. The van der Waals surface area contributed by atoms with Crippen LogP contribution in [0.5, 0.6) is 0 Å². The third kappa shape index (κ3) is 3.58. The maximum absolute atomic E-state index is 12.1. The lowest BCUT2D eigenvalue weighted by Crippen LogP contribution is -2.36. The average Bonchev–Trinajstić information content (AvgIpc) is 2.88. The van der Waals surface area contributed by atoms with E-state index in [1.807, 2.05) is 6.07 Å². The van der Waals surface area contributed by atoms with Crippen LogP contribution in [0.2, 0.25) is 0 Å². The topological polar surface area (TPSA) is 20.3 Å². The summed E-state index contributed by atoms with van der Waals surface area (Å²) in [7, 11) is 0. The number of aryl methyl sites for hydroxylation is 1. The van der Waals surface area contributed by atoms with E-state index in [2.05, 4.69) is 45.1 Å². The zero-order valence-electron chi connectivity index (χ0n) is 10.6. The first kappa shape index (κ1) is 13.6. The van der Waals surface area contributed by atoms with Crippen molar-refractivity contribution < 1.29 is 4.79 Å². The van der Waals surface area contributed by atoms with Gasteiger partial charge in [0.25, 0.3) is 0 Å². The molecule has 2 rings (SSSR count). The minimum Gasteiger partial charge on any atom is -0.339 e. The van der Waals surface area contributed by atoms with Crippen molar-refractivity contribution in [1.82, 2.24) is 4.90 Å². The van der Waals surface area contributed by atoms with E-state index >= 15 is 0 Å². The summed E-state index contributed by atoms with van der Waals surface area (Å²) in [6, 6.07) is 10.8. The van der Waals surface area contributed by atoms with Crippen molar-refractivity contribution in [1.29, 1.82) is 0 Å². The van der Waals surface area contributed by atoms with Crippen molar-refractivity contribution in [3.63, 3.8) is 0 Å². The Morgan fingerprint density at radius 1 is 1.33 bits per heavy atom. The predicted octanol–water partition coefficient (Wildman–Crippen LogP) is 3.40. The zero-order chi connectivity index (χ0) is 12.8. The van der Waals surface area contributed by atoms with Crippen LogP contribution in [-0.4, -0.2) is 28.7 Å². The predicted molar refractivity (Wildman–Crippen MR) is 77.9 cm³/mol. The van der Waals surface area contributed by atoms with E-state index in [0.29, 0.717) is 18.4 Å². The highest BCUT2D eigenvalue weighted by Crippen LogP contribution is 2.20. The molecule has 1 aliphatic heterocycles. The van der Waals surface area contributed by atoms with E-state index in [0.717, 1.165) is 37.6 Å². The highest BCUT2D eigenvalue weighted by Gasteiger charge is 2.26. The second-order valence-electron chi connectivity index (χ2n) is 4.88. The molecule has 0 saturated carbocycles. The van der Waals surface area contributed by atoms with E-state index in [4.69, 9.17) is 0 Å². The normalized spacial score (nSPS) is 19.2. The Kier molecular flexibility index (Phi) is 5.24. The highest BCUT2D eigenvalue weighted by atomic mass is 79.9. The third-order valence-electron chi connectivity index (χ3n) is 3.57. The molecule has 1 unspecified atom stereocenters. The van der Waals surface area contributed by atoms with Crippen LogP contribution in [0.3, 0.4) is 0 Å². The first-order valence-corrected chi connectivity index (χ1v) is 7.83. The molecular formula is C15H20BrNO. The van der Waals surface area contributed by atoms with Crippen molar-refractivity contribution >= 4 is 21.8 Å². The van der Waals surface area contributed by atoms with E-state index in [-0.39, 0.29) is 0 Å². The van der Waals surface area contributed by atoms with Gasteiger partial charge in [-0.25, -0.2) is 0 Å². The van der Waals surface area contributed by atoms with Crippen LogP contribution in [0.1, 0.15) is 31.2 Å². The fourth-order valence-corrected chi connectivity index (χ4v) is 3.23. The van der Waals surface area contributed by atoms with Gasteiger partial charge in [-0.1, -0.05) is 46.3 Å². The zero-order valence-corrected chi connectivity index (χ0v) is 12.2. The molecule has 0 aromatic heterocycles. The number of hydrogen-bond acceptors (Lipinski definition) is 1. The van der Waals surface area contributed by atoms with Gasteiger partial charge in [-0.2, -0.15) is 0 Å². The van der Waals surface area contributed by atoms with Crippen molar-refractivity contribution in [2.24, 2.45) is 0 Å². The summed E-state index contributed by atoms with van der Waals surface area (Å²) >= 11 is 3.50. The number of nitrogens with zero attached hydrogens (tertiary/aromatic N) is 1. The molecule has 1 saturated heterocycles. The first-order chi connectivity index (χ1) is 8.81. The molecule has 1 amide bonds. The molecule has 0 radical (unpaired) electrons. The molecule has 2 nitrogen and oxygen atoms in total. The number of carbonyl (C=O) groups excluding carboxylic acids is 1. The van der Waals surface area contributed by atoms with Gasteiger partial charge in [-0.3, -0.25) is 4.79 Å². The van der Waals surface area contributed by atoms with E-state index in [1.165, 1.54) is 5.56 Å². The summed E-state index contributed by atoms with van der Waals surface area (Å²) in [5, 5.41) is 0.914. The van der Waals surface area contributed by atoms with Crippen LogP contribution in [0, 0.1) is 0 Å². The number of hydrogen-bond donors (Lipinski definition) is 0. The van der Waals surface area contributed by atoms with Crippen LogP contribution in [0.25, 0.3) is 0 Å². The molecule has 1 atom stereocenters. The summed E-state index contributed by atoms with van der Waals surface area (Å²) in [5.41, 5.74) is 1.32. The fourth-order valence-electron chi connectivity index (χ4n) is 2.56. The Hall–Kier alpha value is -0.830. The van der Waals surface area contributed by atoms with Gasteiger partial charge in [0.05, 0.1) is 0 Å². The average molecular weight is 310 g/mol. The number of amides is 1. The van der Waals surface area contributed by atoms with Crippen LogP contribution < -0.4 is 0 Å². The Bertz CT molecular complexity index is 379. The smallest absolute Gasteiger partial charge is 0.222 e. The van der Waals surface area contributed by atoms with Gasteiger partial charge in [0.2, 0.25) is 5.91 Å². The molecule has 1 aliphatic rings. The van der Waals surface area contributed by atoms with Crippen LogP contribution >= 0.6 is 15.9 Å². The molecular weight excluding hydrogens is 290 g/mol. The standard InChI is InChI=1S/C15H20BrNO/c16-12-14-9-5-11-17(14)15(18)10-4-8-13-6-2-1-3-7-13/h1-3,6-7,14H,4-5,8-12H2. The van der Waals surface area contributed by atoms with E-state index in [9.17, 15) is 4.79 Å².